The van der Waals surface area contributed by atoms with Crippen LogP contribution >= 0.6 is 0 Å². The number of halogens is 1. The van der Waals surface area contributed by atoms with Gasteiger partial charge in [0.2, 0.25) is 5.67 Å². The quantitative estimate of drug-likeness (QED) is 0.904. The van der Waals surface area contributed by atoms with E-state index in [4.69, 9.17) is 5.11 Å². The lowest BCUT2D eigenvalue weighted by Gasteiger charge is -2.18. The van der Waals surface area contributed by atoms with E-state index in [0.717, 1.165) is 18.5 Å². The first-order chi connectivity index (χ1) is 10.3. The molecule has 0 aliphatic carbocycles. The van der Waals surface area contributed by atoms with Crippen LogP contribution in [0.4, 0.5) is 4.39 Å². The summed E-state index contributed by atoms with van der Waals surface area (Å²) in [7, 11) is 0. The first-order valence-electron chi connectivity index (χ1n) is 7.59. The topological polar surface area (TPSA) is 75.4 Å². The fraction of sp³-hybridized carbons (Fsp3) is 0.667. The molecule has 1 N–H and O–H groups in total. The van der Waals surface area contributed by atoms with Crippen molar-refractivity contribution in [1.82, 2.24) is 14.7 Å². The molecule has 1 aromatic rings. The largest absolute Gasteiger partial charge is 0.479 e. The summed E-state index contributed by atoms with van der Waals surface area (Å²) < 4.78 is 15.9. The van der Waals surface area contributed by atoms with Crippen LogP contribution < -0.4 is 0 Å². The Labute approximate surface area is 128 Å². The Hall–Kier alpha value is -1.92. The maximum Gasteiger partial charge on any atom is 0.343 e. The van der Waals surface area contributed by atoms with E-state index < -0.39 is 18.2 Å². The lowest BCUT2D eigenvalue weighted by atomic mass is 10.1. The molecule has 1 atom stereocenters. The number of carbonyl (C=O) groups excluding carboxylic acids is 1. The maximum atomic E-state index is 14.1. The average molecular weight is 311 g/mol. The fourth-order valence-corrected chi connectivity index (χ4v) is 2.93. The molecule has 1 aliphatic rings. The fourth-order valence-electron chi connectivity index (χ4n) is 2.93. The molecule has 1 aliphatic heterocycles. The average Bonchev–Trinajstić information content (AvgIpc) is 3.05. The van der Waals surface area contributed by atoms with Crippen molar-refractivity contribution in [2.24, 2.45) is 0 Å². The van der Waals surface area contributed by atoms with Crippen LogP contribution in [0.5, 0.6) is 0 Å². The van der Waals surface area contributed by atoms with Crippen LogP contribution in [-0.4, -0.2) is 50.4 Å². The van der Waals surface area contributed by atoms with E-state index in [0.29, 0.717) is 5.56 Å². The normalized spacial score (nSPS) is 21.6. The Morgan fingerprint density at radius 1 is 1.45 bits per heavy atom. The number of carboxylic acids is 1. The zero-order valence-corrected chi connectivity index (χ0v) is 13.2. The molecular formula is C15H22FN3O3. The molecule has 0 aromatic carbocycles. The molecule has 0 spiro atoms. The molecule has 6 nitrogen and oxygen atoms in total. The lowest BCUT2D eigenvalue weighted by Crippen LogP contribution is -2.39. The number of nitrogens with zero attached hydrogens (tertiary/aromatic N) is 3. The van der Waals surface area contributed by atoms with E-state index in [2.05, 4.69) is 18.9 Å². The minimum Gasteiger partial charge on any atom is -0.479 e. The number of hydrogen-bond donors (Lipinski definition) is 1. The van der Waals surface area contributed by atoms with E-state index >= 15 is 0 Å². The number of alkyl halides is 1. The van der Waals surface area contributed by atoms with Crippen LogP contribution in [0.25, 0.3) is 0 Å². The van der Waals surface area contributed by atoms with Crippen molar-refractivity contribution in [2.45, 2.75) is 51.7 Å². The highest BCUT2D eigenvalue weighted by Crippen LogP contribution is 2.28. The number of hydrogen-bond acceptors (Lipinski definition) is 3. The van der Waals surface area contributed by atoms with Crippen LogP contribution in [0.3, 0.4) is 0 Å². The number of carbonyl (C=O) groups is 2. The molecule has 1 unspecified atom stereocenters. The zero-order valence-electron chi connectivity index (χ0n) is 13.2. The molecule has 1 aromatic heterocycles. The van der Waals surface area contributed by atoms with Crippen LogP contribution in [0.15, 0.2) is 6.20 Å². The van der Waals surface area contributed by atoms with Crippen LogP contribution in [0.1, 0.15) is 55.2 Å². The molecular weight excluding hydrogens is 289 g/mol. The molecule has 1 fully saturated rings. The number of aliphatic carboxylic acids is 1. The van der Waals surface area contributed by atoms with Crippen molar-refractivity contribution in [1.29, 1.82) is 0 Å². The predicted octanol–water partition coefficient (Wildman–Crippen LogP) is 2.19. The van der Waals surface area contributed by atoms with Gasteiger partial charge in [-0.05, 0) is 19.8 Å². The summed E-state index contributed by atoms with van der Waals surface area (Å²) in [5.74, 6) is -1.86. The van der Waals surface area contributed by atoms with Crippen molar-refractivity contribution in [3.05, 3.63) is 17.5 Å². The molecule has 1 saturated heterocycles. The predicted molar refractivity (Wildman–Crippen MR) is 78.6 cm³/mol. The van der Waals surface area contributed by atoms with Gasteiger partial charge in [0.15, 0.2) is 0 Å². The summed E-state index contributed by atoms with van der Waals surface area (Å²) in [6.45, 7) is 5.63. The third-order valence-corrected chi connectivity index (χ3v) is 4.45. The summed E-state index contributed by atoms with van der Waals surface area (Å²) in [5, 5.41) is 13.2. The molecule has 1 amide bonds. The Balaban J connectivity index is 2.20. The van der Waals surface area contributed by atoms with Crippen LogP contribution in [-0.2, 0) is 4.79 Å². The minimum atomic E-state index is -2.34. The summed E-state index contributed by atoms with van der Waals surface area (Å²) in [6.07, 6.45) is 3.13. The van der Waals surface area contributed by atoms with Crippen molar-refractivity contribution in [2.75, 3.05) is 13.1 Å². The van der Waals surface area contributed by atoms with Gasteiger partial charge in [0, 0.05) is 18.7 Å². The second-order valence-corrected chi connectivity index (χ2v) is 5.81. The number of likely N-dealkylation sites (tertiary alicyclic amines) is 1. The number of carboxylic acid groups (broad SMARTS) is 1. The van der Waals surface area contributed by atoms with Crippen LogP contribution in [0, 0.1) is 6.92 Å². The second-order valence-electron chi connectivity index (χ2n) is 5.81. The van der Waals surface area contributed by atoms with E-state index in [1.807, 2.05) is 11.6 Å². The lowest BCUT2D eigenvalue weighted by molar-refractivity contribution is -0.149. The minimum absolute atomic E-state index is 0.108. The van der Waals surface area contributed by atoms with Gasteiger partial charge < -0.3 is 10.0 Å². The van der Waals surface area contributed by atoms with E-state index in [1.54, 1.807) is 0 Å². The Kier molecular flexibility index (Phi) is 4.53. The van der Waals surface area contributed by atoms with Gasteiger partial charge in [-0.2, -0.15) is 5.10 Å². The molecule has 22 heavy (non-hydrogen) atoms. The van der Waals surface area contributed by atoms with Gasteiger partial charge in [0.25, 0.3) is 5.91 Å². The van der Waals surface area contributed by atoms with Crippen molar-refractivity contribution in [3.8, 4) is 0 Å². The first-order valence-corrected chi connectivity index (χ1v) is 7.59. The van der Waals surface area contributed by atoms with E-state index in [9.17, 15) is 14.0 Å². The van der Waals surface area contributed by atoms with Crippen molar-refractivity contribution >= 4 is 11.9 Å². The summed E-state index contributed by atoms with van der Waals surface area (Å²) in [4.78, 5) is 24.7. The summed E-state index contributed by atoms with van der Waals surface area (Å²) >= 11 is 0. The number of aromatic nitrogens is 2. The van der Waals surface area contributed by atoms with Gasteiger partial charge >= 0.3 is 5.97 Å². The molecule has 122 valence electrons. The second kappa shape index (κ2) is 6.06. The molecule has 0 radical (unpaired) electrons. The van der Waals surface area contributed by atoms with Crippen LogP contribution in [0.2, 0.25) is 0 Å². The molecule has 2 heterocycles. The third kappa shape index (κ3) is 2.71. The molecule has 0 saturated carbocycles. The molecule has 0 bridgehead atoms. The Morgan fingerprint density at radius 3 is 2.59 bits per heavy atom. The van der Waals surface area contributed by atoms with E-state index in [1.165, 1.54) is 11.1 Å². The number of rotatable bonds is 5. The van der Waals surface area contributed by atoms with Gasteiger partial charge in [-0.15, -0.1) is 0 Å². The van der Waals surface area contributed by atoms with Crippen molar-refractivity contribution < 1.29 is 19.1 Å². The van der Waals surface area contributed by atoms with Crippen molar-refractivity contribution in [3.63, 3.8) is 0 Å². The third-order valence-electron chi connectivity index (χ3n) is 4.45. The summed E-state index contributed by atoms with van der Waals surface area (Å²) in [5.41, 5.74) is -1.18. The zero-order chi connectivity index (χ0) is 16.5. The smallest absolute Gasteiger partial charge is 0.343 e. The highest BCUT2D eigenvalue weighted by Gasteiger charge is 2.47. The van der Waals surface area contributed by atoms with E-state index in [-0.39, 0.29) is 24.9 Å². The maximum absolute atomic E-state index is 14.1. The first kappa shape index (κ1) is 16.5. The van der Waals surface area contributed by atoms with Gasteiger partial charge in [0.1, 0.15) is 0 Å². The molecule has 2 rings (SSSR count). The molecule has 7 heteroatoms. The van der Waals surface area contributed by atoms with Gasteiger partial charge in [0.05, 0.1) is 24.3 Å². The highest BCUT2D eigenvalue weighted by molar-refractivity contribution is 5.96. The Morgan fingerprint density at radius 2 is 2.09 bits per heavy atom. The van der Waals surface area contributed by atoms with Gasteiger partial charge in [-0.25, -0.2) is 9.18 Å². The standard InChI is InChI=1S/C15H22FN3O3/c1-4-11(5-2)19-10(3)12(8-17-19)13(20)18-7-6-15(16,9-18)14(21)22/h8,11H,4-7,9H2,1-3H3,(H,21,22). The number of amides is 1. The highest BCUT2D eigenvalue weighted by atomic mass is 19.1. The SMILES string of the molecule is CCC(CC)n1ncc(C(=O)N2CCC(F)(C(=O)O)C2)c1C. The monoisotopic (exact) mass is 311 g/mol. The van der Waals surface area contributed by atoms with Gasteiger partial charge in [-0.1, -0.05) is 13.8 Å². The van der Waals surface area contributed by atoms with Gasteiger partial charge in [-0.3, -0.25) is 9.48 Å². The Bertz CT molecular complexity index is 583. The summed E-state index contributed by atoms with van der Waals surface area (Å²) in [6, 6.07) is 0.222.